The molecule has 19 heavy (non-hydrogen) atoms. The van der Waals surface area contributed by atoms with E-state index in [-0.39, 0.29) is 5.82 Å². The van der Waals surface area contributed by atoms with Gasteiger partial charge in [-0.2, -0.15) is 0 Å². The minimum absolute atomic E-state index is 0.248. The summed E-state index contributed by atoms with van der Waals surface area (Å²) in [7, 11) is 1.50. The van der Waals surface area contributed by atoms with Crippen LogP contribution in [0.15, 0.2) is 18.2 Å². The first-order valence-electron chi connectivity index (χ1n) is 7.16. The summed E-state index contributed by atoms with van der Waals surface area (Å²) in [6, 6.07) is 5.42. The number of piperidine rings is 1. The van der Waals surface area contributed by atoms with Gasteiger partial charge in [0.25, 0.3) is 0 Å². The first kappa shape index (κ1) is 14.3. The van der Waals surface area contributed by atoms with E-state index >= 15 is 0 Å². The van der Waals surface area contributed by atoms with E-state index in [1.54, 1.807) is 12.1 Å². The number of nitrogens with one attached hydrogen (secondary N) is 1. The van der Waals surface area contributed by atoms with Gasteiger partial charge in [-0.25, -0.2) is 4.39 Å². The minimum Gasteiger partial charge on any atom is -0.494 e. The lowest BCUT2D eigenvalue weighted by Crippen LogP contribution is -2.36. The zero-order valence-electron chi connectivity index (χ0n) is 12.1. The van der Waals surface area contributed by atoms with Gasteiger partial charge in [0, 0.05) is 0 Å². The number of benzene rings is 1. The van der Waals surface area contributed by atoms with Gasteiger partial charge in [-0.3, -0.25) is 0 Å². The molecule has 0 aromatic heterocycles. The molecule has 0 spiro atoms. The van der Waals surface area contributed by atoms with Gasteiger partial charge in [-0.15, -0.1) is 0 Å². The molecule has 0 radical (unpaired) electrons. The quantitative estimate of drug-likeness (QED) is 0.898. The zero-order chi connectivity index (χ0) is 13.8. The van der Waals surface area contributed by atoms with Gasteiger partial charge in [-0.05, 0) is 61.4 Å². The summed E-state index contributed by atoms with van der Waals surface area (Å²) < 4.78 is 18.8. The number of halogens is 1. The molecule has 1 saturated heterocycles. The highest BCUT2D eigenvalue weighted by Gasteiger charge is 2.27. The van der Waals surface area contributed by atoms with E-state index in [4.69, 9.17) is 4.74 Å². The van der Waals surface area contributed by atoms with Crippen molar-refractivity contribution in [1.82, 2.24) is 5.32 Å². The van der Waals surface area contributed by atoms with Crippen molar-refractivity contribution in [2.75, 3.05) is 20.2 Å². The SMILES string of the molecule is COc1ccc(C2CCNCC2CC(C)C)cc1F. The molecule has 2 unspecified atom stereocenters. The van der Waals surface area contributed by atoms with Gasteiger partial charge < -0.3 is 10.1 Å². The van der Waals surface area contributed by atoms with Crippen molar-refractivity contribution in [2.45, 2.75) is 32.6 Å². The van der Waals surface area contributed by atoms with E-state index in [2.05, 4.69) is 19.2 Å². The molecule has 0 bridgehead atoms. The summed E-state index contributed by atoms with van der Waals surface area (Å²) in [5, 5.41) is 3.46. The van der Waals surface area contributed by atoms with Crippen LogP contribution in [0.5, 0.6) is 5.75 Å². The van der Waals surface area contributed by atoms with Crippen LogP contribution in [0.25, 0.3) is 0 Å². The third kappa shape index (κ3) is 3.47. The molecule has 0 saturated carbocycles. The number of hydrogen-bond acceptors (Lipinski definition) is 2. The molecule has 2 rings (SSSR count). The van der Waals surface area contributed by atoms with Crippen molar-refractivity contribution >= 4 is 0 Å². The van der Waals surface area contributed by atoms with Gasteiger partial charge in [0.2, 0.25) is 0 Å². The van der Waals surface area contributed by atoms with E-state index in [9.17, 15) is 4.39 Å². The number of hydrogen-bond donors (Lipinski definition) is 1. The molecule has 2 nitrogen and oxygen atoms in total. The molecule has 1 fully saturated rings. The molecule has 1 N–H and O–H groups in total. The van der Waals surface area contributed by atoms with Gasteiger partial charge in [-0.1, -0.05) is 19.9 Å². The summed E-state index contributed by atoms with van der Waals surface area (Å²) >= 11 is 0. The van der Waals surface area contributed by atoms with Crippen molar-refractivity contribution < 1.29 is 9.13 Å². The second kappa shape index (κ2) is 6.38. The first-order chi connectivity index (χ1) is 9.11. The number of rotatable bonds is 4. The molecular formula is C16H24FNO. The standard InChI is InChI=1S/C16H24FNO/c1-11(2)8-13-10-18-7-6-14(13)12-4-5-16(19-3)15(17)9-12/h4-5,9,11,13-14,18H,6-8,10H2,1-3H3. The molecule has 1 aliphatic heterocycles. The average Bonchev–Trinajstić information content (AvgIpc) is 2.38. The lowest BCUT2D eigenvalue weighted by molar-refractivity contribution is 0.279. The summed E-state index contributed by atoms with van der Waals surface area (Å²) in [4.78, 5) is 0. The maximum atomic E-state index is 13.9. The van der Waals surface area contributed by atoms with Crippen molar-refractivity contribution in [3.63, 3.8) is 0 Å². The van der Waals surface area contributed by atoms with Crippen LogP contribution in [0.3, 0.4) is 0 Å². The van der Waals surface area contributed by atoms with Crippen molar-refractivity contribution in [1.29, 1.82) is 0 Å². The van der Waals surface area contributed by atoms with Crippen LogP contribution in [-0.4, -0.2) is 20.2 Å². The molecule has 1 aliphatic rings. The molecule has 0 aliphatic carbocycles. The fourth-order valence-corrected chi connectivity index (χ4v) is 3.13. The number of ether oxygens (including phenoxy) is 1. The summed E-state index contributed by atoms with van der Waals surface area (Å²) in [6.45, 7) is 6.56. The van der Waals surface area contributed by atoms with Crippen LogP contribution in [0.4, 0.5) is 4.39 Å². The van der Waals surface area contributed by atoms with Crippen LogP contribution in [-0.2, 0) is 0 Å². The summed E-state index contributed by atoms with van der Waals surface area (Å²) in [6.07, 6.45) is 2.27. The Labute approximate surface area is 115 Å². The molecule has 1 aromatic rings. The Morgan fingerprint density at radius 3 is 2.84 bits per heavy atom. The molecule has 2 atom stereocenters. The summed E-state index contributed by atoms with van der Waals surface area (Å²) in [5.74, 6) is 1.82. The first-order valence-corrected chi connectivity index (χ1v) is 7.16. The molecule has 3 heteroatoms. The largest absolute Gasteiger partial charge is 0.494 e. The Hall–Kier alpha value is -1.09. The Kier molecular flexibility index (Phi) is 4.81. The third-order valence-corrected chi connectivity index (χ3v) is 3.99. The highest BCUT2D eigenvalue weighted by molar-refractivity contribution is 5.32. The van der Waals surface area contributed by atoms with Crippen molar-refractivity contribution in [3.05, 3.63) is 29.6 Å². The predicted octanol–water partition coefficient (Wildman–Crippen LogP) is 3.57. The van der Waals surface area contributed by atoms with Gasteiger partial charge in [0.1, 0.15) is 0 Å². The highest BCUT2D eigenvalue weighted by Crippen LogP contribution is 2.35. The normalized spacial score (nSPS) is 23.6. The topological polar surface area (TPSA) is 21.3 Å². The second-order valence-electron chi connectivity index (χ2n) is 5.88. The molecule has 106 valence electrons. The summed E-state index contributed by atoms with van der Waals surface area (Å²) in [5.41, 5.74) is 1.12. The molecular weight excluding hydrogens is 241 g/mol. The van der Waals surface area contributed by atoms with Crippen LogP contribution in [0, 0.1) is 17.7 Å². The van der Waals surface area contributed by atoms with Crippen molar-refractivity contribution in [3.8, 4) is 5.75 Å². The Balaban J connectivity index is 2.19. The highest BCUT2D eigenvalue weighted by atomic mass is 19.1. The molecule has 0 amide bonds. The predicted molar refractivity (Wildman–Crippen MR) is 76.1 cm³/mol. The fraction of sp³-hybridized carbons (Fsp3) is 0.625. The average molecular weight is 265 g/mol. The third-order valence-electron chi connectivity index (χ3n) is 3.99. The zero-order valence-corrected chi connectivity index (χ0v) is 12.1. The number of methoxy groups -OCH3 is 1. The smallest absolute Gasteiger partial charge is 0.165 e. The van der Waals surface area contributed by atoms with E-state index in [1.807, 2.05) is 6.07 Å². The van der Waals surface area contributed by atoms with Crippen LogP contribution >= 0.6 is 0 Å². The van der Waals surface area contributed by atoms with Crippen LogP contribution in [0.1, 0.15) is 38.2 Å². The van der Waals surface area contributed by atoms with Crippen LogP contribution < -0.4 is 10.1 Å². The maximum Gasteiger partial charge on any atom is 0.165 e. The maximum absolute atomic E-state index is 13.9. The lowest BCUT2D eigenvalue weighted by Gasteiger charge is -2.33. The Bertz CT molecular complexity index is 419. The van der Waals surface area contributed by atoms with E-state index in [1.165, 1.54) is 13.5 Å². The molecule has 1 heterocycles. The van der Waals surface area contributed by atoms with E-state index in [0.29, 0.717) is 23.5 Å². The molecule has 1 aromatic carbocycles. The van der Waals surface area contributed by atoms with Crippen LogP contribution in [0.2, 0.25) is 0 Å². The van der Waals surface area contributed by atoms with Gasteiger partial charge >= 0.3 is 0 Å². The Morgan fingerprint density at radius 2 is 2.21 bits per heavy atom. The Morgan fingerprint density at radius 1 is 1.42 bits per heavy atom. The van der Waals surface area contributed by atoms with E-state index < -0.39 is 0 Å². The van der Waals surface area contributed by atoms with E-state index in [0.717, 1.165) is 25.1 Å². The van der Waals surface area contributed by atoms with Gasteiger partial charge in [0.05, 0.1) is 7.11 Å². The second-order valence-corrected chi connectivity index (χ2v) is 5.88. The minimum atomic E-state index is -0.248. The lowest BCUT2D eigenvalue weighted by atomic mass is 9.77. The fourth-order valence-electron chi connectivity index (χ4n) is 3.13. The monoisotopic (exact) mass is 265 g/mol. The van der Waals surface area contributed by atoms with Gasteiger partial charge in [0.15, 0.2) is 11.6 Å². The van der Waals surface area contributed by atoms with Crippen molar-refractivity contribution in [2.24, 2.45) is 11.8 Å².